The Balaban J connectivity index is 2.47. The Hall–Kier alpha value is -1.84. The van der Waals surface area contributed by atoms with Crippen LogP contribution in [0.1, 0.15) is 11.9 Å². The SMILES string of the molecule is [2H]CNC(=O)c1n[nH]c2ccccc12. The number of carbonyl (C=O) groups is 1. The van der Waals surface area contributed by atoms with E-state index in [1.807, 2.05) is 24.3 Å². The summed E-state index contributed by atoms with van der Waals surface area (Å²) in [5, 5.41) is 9.81. The van der Waals surface area contributed by atoms with Gasteiger partial charge >= 0.3 is 0 Å². The fourth-order valence-corrected chi connectivity index (χ4v) is 1.22. The van der Waals surface area contributed by atoms with E-state index >= 15 is 0 Å². The van der Waals surface area contributed by atoms with Crippen LogP contribution in [0.5, 0.6) is 0 Å². The molecule has 1 amide bonds. The van der Waals surface area contributed by atoms with Gasteiger partial charge in [-0.15, -0.1) is 0 Å². The normalized spacial score (nSPS) is 11.2. The standard InChI is InChI=1S/C9H9N3O/c1-10-9(13)8-6-4-2-3-5-7(6)11-12-8/h2-5H,1H3,(H,10,13)(H,11,12)/i1D. The first-order valence-corrected chi connectivity index (χ1v) is 3.83. The Morgan fingerprint density at radius 2 is 2.46 bits per heavy atom. The van der Waals surface area contributed by atoms with Crippen molar-refractivity contribution in [1.82, 2.24) is 15.5 Å². The summed E-state index contributed by atoms with van der Waals surface area (Å²) in [6.45, 7) is 0. The quantitative estimate of drug-likeness (QED) is 0.678. The fourth-order valence-electron chi connectivity index (χ4n) is 1.22. The lowest BCUT2D eigenvalue weighted by molar-refractivity contribution is 0.0959. The van der Waals surface area contributed by atoms with Crippen LogP contribution in [-0.4, -0.2) is 23.1 Å². The van der Waals surface area contributed by atoms with Crippen LogP contribution in [0.15, 0.2) is 24.3 Å². The zero-order valence-electron chi connectivity index (χ0n) is 7.87. The van der Waals surface area contributed by atoms with E-state index in [0.717, 1.165) is 10.9 Å². The summed E-state index contributed by atoms with van der Waals surface area (Å²) in [7, 11) is -0.139. The molecule has 13 heavy (non-hydrogen) atoms. The van der Waals surface area contributed by atoms with Gasteiger partial charge in [0.15, 0.2) is 5.69 Å². The van der Waals surface area contributed by atoms with E-state index in [0.29, 0.717) is 5.69 Å². The van der Waals surface area contributed by atoms with Crippen molar-refractivity contribution in [3.05, 3.63) is 30.0 Å². The average molecular weight is 176 g/mol. The summed E-state index contributed by atoms with van der Waals surface area (Å²) in [5.41, 5.74) is 1.16. The van der Waals surface area contributed by atoms with E-state index in [2.05, 4.69) is 15.5 Å². The minimum Gasteiger partial charge on any atom is -0.354 e. The smallest absolute Gasteiger partial charge is 0.272 e. The van der Waals surface area contributed by atoms with E-state index in [4.69, 9.17) is 1.37 Å². The highest BCUT2D eigenvalue weighted by Crippen LogP contribution is 2.14. The summed E-state index contributed by atoms with van der Waals surface area (Å²) < 4.78 is 6.87. The second-order valence-corrected chi connectivity index (χ2v) is 2.62. The van der Waals surface area contributed by atoms with Gasteiger partial charge in [-0.25, -0.2) is 0 Å². The lowest BCUT2D eigenvalue weighted by Crippen LogP contribution is -2.18. The van der Waals surface area contributed by atoms with Gasteiger partial charge in [0.2, 0.25) is 0 Å². The van der Waals surface area contributed by atoms with Gasteiger partial charge in [0.1, 0.15) is 0 Å². The van der Waals surface area contributed by atoms with Crippen molar-refractivity contribution in [2.24, 2.45) is 0 Å². The van der Waals surface area contributed by atoms with Crippen LogP contribution in [0.4, 0.5) is 0 Å². The van der Waals surface area contributed by atoms with Crippen molar-refractivity contribution < 1.29 is 6.17 Å². The maximum Gasteiger partial charge on any atom is 0.272 e. The summed E-state index contributed by atoms with van der Waals surface area (Å²) in [5.74, 6) is -0.322. The molecule has 2 N–H and O–H groups in total. The molecule has 1 heterocycles. The van der Waals surface area contributed by atoms with Gasteiger partial charge in [0, 0.05) is 13.8 Å². The molecule has 4 nitrogen and oxygen atoms in total. The first-order valence-electron chi connectivity index (χ1n) is 4.54. The third-order valence-electron chi connectivity index (χ3n) is 1.85. The van der Waals surface area contributed by atoms with E-state index in [1.165, 1.54) is 0 Å². The van der Waals surface area contributed by atoms with Gasteiger partial charge < -0.3 is 5.32 Å². The predicted molar refractivity (Wildman–Crippen MR) is 49.5 cm³/mol. The topological polar surface area (TPSA) is 57.8 Å². The van der Waals surface area contributed by atoms with Crippen LogP contribution >= 0.6 is 0 Å². The first kappa shape index (κ1) is 6.65. The van der Waals surface area contributed by atoms with Crippen molar-refractivity contribution >= 4 is 16.8 Å². The number of para-hydroxylation sites is 1. The molecular formula is C9H9N3O. The van der Waals surface area contributed by atoms with Crippen LogP contribution < -0.4 is 5.32 Å². The number of hydrogen-bond acceptors (Lipinski definition) is 2. The van der Waals surface area contributed by atoms with Gasteiger partial charge in [-0.2, -0.15) is 5.10 Å². The lowest BCUT2D eigenvalue weighted by Gasteiger charge is -1.93. The molecule has 66 valence electrons. The summed E-state index contributed by atoms with van der Waals surface area (Å²) in [6, 6.07) is 7.37. The van der Waals surface area contributed by atoms with Gasteiger partial charge in [0.05, 0.1) is 5.52 Å². The van der Waals surface area contributed by atoms with E-state index in [9.17, 15) is 4.79 Å². The van der Waals surface area contributed by atoms with Crippen LogP contribution in [-0.2, 0) is 0 Å². The maximum atomic E-state index is 11.4. The molecule has 0 saturated heterocycles. The van der Waals surface area contributed by atoms with E-state index < -0.39 is 0 Å². The molecule has 0 atom stereocenters. The van der Waals surface area contributed by atoms with Gasteiger partial charge in [-0.1, -0.05) is 18.2 Å². The Morgan fingerprint density at radius 3 is 3.31 bits per heavy atom. The molecule has 0 saturated carbocycles. The number of benzene rings is 1. The average Bonchev–Trinajstić information content (AvgIpc) is 2.61. The minimum atomic E-state index is -0.322. The highest BCUT2D eigenvalue weighted by atomic mass is 16.1. The zero-order chi connectivity index (χ0) is 9.97. The molecule has 0 bridgehead atoms. The zero-order valence-corrected chi connectivity index (χ0v) is 6.87. The highest BCUT2D eigenvalue weighted by molar-refractivity contribution is 6.04. The molecule has 1 aromatic heterocycles. The van der Waals surface area contributed by atoms with Crippen LogP contribution in [0, 0.1) is 0 Å². The molecule has 0 unspecified atom stereocenters. The molecular weight excluding hydrogens is 166 g/mol. The molecule has 2 aromatic rings. The van der Waals surface area contributed by atoms with E-state index in [1.54, 1.807) is 0 Å². The highest BCUT2D eigenvalue weighted by Gasteiger charge is 2.10. The molecule has 0 aliphatic rings. The number of hydrogen-bond donors (Lipinski definition) is 2. The number of fused-ring (bicyclic) bond motifs is 1. The van der Waals surface area contributed by atoms with Crippen molar-refractivity contribution in [2.45, 2.75) is 0 Å². The number of rotatable bonds is 1. The summed E-state index contributed by atoms with van der Waals surface area (Å²) >= 11 is 0. The molecule has 0 aliphatic carbocycles. The van der Waals surface area contributed by atoms with Crippen LogP contribution in [0.2, 0.25) is 0 Å². The molecule has 0 aliphatic heterocycles. The van der Waals surface area contributed by atoms with Crippen LogP contribution in [0.3, 0.4) is 0 Å². The van der Waals surface area contributed by atoms with Gasteiger partial charge in [0.25, 0.3) is 5.91 Å². The third kappa shape index (κ3) is 1.16. The van der Waals surface area contributed by atoms with Crippen molar-refractivity contribution in [3.8, 4) is 0 Å². The van der Waals surface area contributed by atoms with Crippen molar-refractivity contribution in [2.75, 3.05) is 7.02 Å². The lowest BCUT2D eigenvalue weighted by atomic mass is 10.2. The number of nitrogens with one attached hydrogen (secondary N) is 2. The van der Waals surface area contributed by atoms with E-state index in [-0.39, 0.29) is 12.9 Å². The van der Waals surface area contributed by atoms with Gasteiger partial charge in [-0.05, 0) is 6.07 Å². The number of amides is 1. The monoisotopic (exact) mass is 176 g/mol. The Bertz CT molecular complexity index is 466. The Morgan fingerprint density at radius 1 is 1.62 bits per heavy atom. The molecule has 0 fully saturated rings. The van der Waals surface area contributed by atoms with Gasteiger partial charge in [-0.3, -0.25) is 9.89 Å². The number of nitrogens with zero attached hydrogens (tertiary/aromatic N) is 1. The molecule has 2 rings (SSSR count). The molecule has 0 radical (unpaired) electrons. The number of carbonyl (C=O) groups excluding carboxylic acids is 1. The summed E-state index contributed by atoms with van der Waals surface area (Å²) in [6.07, 6.45) is 0. The fraction of sp³-hybridized carbons (Fsp3) is 0.111. The molecule has 4 heteroatoms. The minimum absolute atomic E-state index is 0.139. The first-order chi connectivity index (χ1) is 6.83. The Kier molecular flexibility index (Phi) is 1.48. The number of H-pyrrole nitrogens is 1. The second-order valence-electron chi connectivity index (χ2n) is 2.62. The molecule has 1 aromatic carbocycles. The number of aromatic amines is 1. The Labute approximate surface area is 76.4 Å². The number of aromatic nitrogens is 2. The summed E-state index contributed by atoms with van der Waals surface area (Å²) in [4.78, 5) is 11.4. The molecule has 0 spiro atoms. The third-order valence-corrected chi connectivity index (χ3v) is 1.85. The van der Waals surface area contributed by atoms with Crippen LogP contribution in [0.25, 0.3) is 10.9 Å². The predicted octanol–water partition coefficient (Wildman–Crippen LogP) is 0.922. The largest absolute Gasteiger partial charge is 0.354 e. The maximum absolute atomic E-state index is 11.4. The second kappa shape index (κ2) is 2.90. The van der Waals surface area contributed by atoms with Crippen molar-refractivity contribution in [3.63, 3.8) is 0 Å². The van der Waals surface area contributed by atoms with Crippen molar-refractivity contribution in [1.29, 1.82) is 0 Å².